The number of nitrogens with one attached hydrogen (secondary N) is 3. The van der Waals surface area contributed by atoms with Crippen molar-refractivity contribution in [2.75, 3.05) is 26.0 Å². The Balaban J connectivity index is 1.84. The first-order valence-electron chi connectivity index (χ1n) is 9.72. The Morgan fingerprint density at radius 1 is 1.19 bits per heavy atom. The molecule has 3 amide bonds. The van der Waals surface area contributed by atoms with Crippen LogP contribution in [-0.4, -0.2) is 62.2 Å². The van der Waals surface area contributed by atoms with Gasteiger partial charge in [0, 0.05) is 44.8 Å². The van der Waals surface area contributed by atoms with Gasteiger partial charge < -0.3 is 15.2 Å². The second-order valence-electron chi connectivity index (χ2n) is 7.07. The largest absolute Gasteiger partial charge is 0.345 e. The summed E-state index contributed by atoms with van der Waals surface area (Å²) < 4.78 is 1.62. The molecule has 3 aromatic heterocycles. The molecule has 0 fully saturated rings. The Kier molecular flexibility index (Phi) is 5.35. The minimum atomic E-state index is -0.353. The molecule has 0 bridgehead atoms. The number of rotatable bonds is 5. The maximum atomic E-state index is 12.3. The predicted octanol–water partition coefficient (Wildman–Crippen LogP) is 2.65. The molecule has 4 rings (SSSR count). The van der Waals surface area contributed by atoms with Crippen LogP contribution in [0.15, 0.2) is 49.1 Å². The van der Waals surface area contributed by atoms with Gasteiger partial charge in [0.1, 0.15) is 0 Å². The molecule has 3 heterocycles. The smallest absolute Gasteiger partial charge is 0.321 e. The zero-order valence-corrected chi connectivity index (χ0v) is 17.4. The lowest BCUT2D eigenvalue weighted by Gasteiger charge is -2.08. The molecule has 0 aliphatic heterocycles. The van der Waals surface area contributed by atoms with Crippen molar-refractivity contribution in [2.24, 2.45) is 0 Å². The van der Waals surface area contributed by atoms with Gasteiger partial charge in [-0.25, -0.2) is 14.5 Å². The first kappa shape index (κ1) is 20.1. The molecule has 1 aromatic carbocycles. The van der Waals surface area contributed by atoms with E-state index in [-0.39, 0.29) is 11.9 Å². The van der Waals surface area contributed by atoms with Crippen molar-refractivity contribution in [1.29, 1.82) is 0 Å². The fourth-order valence-electron chi connectivity index (χ4n) is 3.17. The third-order valence-corrected chi connectivity index (χ3v) is 4.62. The summed E-state index contributed by atoms with van der Waals surface area (Å²) in [4.78, 5) is 37.6. The number of amides is 3. The summed E-state index contributed by atoms with van der Waals surface area (Å²) in [7, 11) is 3.38. The lowest BCUT2D eigenvalue weighted by molar-refractivity contribution is 0.0827. The zero-order chi connectivity index (χ0) is 22.0. The van der Waals surface area contributed by atoms with Crippen molar-refractivity contribution < 1.29 is 9.59 Å². The van der Waals surface area contributed by atoms with Gasteiger partial charge in [-0.05, 0) is 30.7 Å². The van der Waals surface area contributed by atoms with Crippen LogP contribution < -0.4 is 10.6 Å². The third kappa shape index (κ3) is 4.08. The Morgan fingerprint density at radius 3 is 2.74 bits per heavy atom. The lowest BCUT2D eigenvalue weighted by atomic mass is 10.1. The Hall–Kier alpha value is -4.21. The first-order chi connectivity index (χ1) is 15.0. The van der Waals surface area contributed by atoms with Crippen LogP contribution in [-0.2, 0) is 0 Å². The highest BCUT2D eigenvalue weighted by atomic mass is 16.2. The van der Waals surface area contributed by atoms with E-state index in [1.54, 1.807) is 37.4 Å². The van der Waals surface area contributed by atoms with Crippen molar-refractivity contribution >= 4 is 28.9 Å². The summed E-state index contributed by atoms with van der Waals surface area (Å²) >= 11 is 0. The quantitative estimate of drug-likeness (QED) is 0.460. The molecule has 0 saturated heterocycles. The van der Waals surface area contributed by atoms with Crippen molar-refractivity contribution in [3.05, 3.63) is 54.6 Å². The van der Waals surface area contributed by atoms with Gasteiger partial charge in [-0.2, -0.15) is 5.10 Å². The van der Waals surface area contributed by atoms with E-state index in [0.29, 0.717) is 34.8 Å². The van der Waals surface area contributed by atoms with Crippen molar-refractivity contribution in [1.82, 2.24) is 34.9 Å². The van der Waals surface area contributed by atoms with Gasteiger partial charge in [0.2, 0.25) is 5.95 Å². The molecule has 0 aliphatic carbocycles. The van der Waals surface area contributed by atoms with Crippen molar-refractivity contribution in [3.63, 3.8) is 0 Å². The number of carbonyl (C=O) groups excluding carboxylic acids is 2. The fourth-order valence-corrected chi connectivity index (χ4v) is 3.17. The molecule has 0 unspecified atom stereocenters. The van der Waals surface area contributed by atoms with Gasteiger partial charge in [-0.3, -0.25) is 15.1 Å². The average molecular weight is 418 g/mol. The number of hydrogen-bond donors (Lipinski definition) is 3. The Labute approximate surface area is 178 Å². The molecule has 31 heavy (non-hydrogen) atoms. The SMILES string of the molecule is CCNC(=O)Nc1nc2cc(-c3cccnc3)cc(-n3cc(C(=O)N(C)C)cn3)c2[nH]1. The second kappa shape index (κ2) is 8.27. The van der Waals surface area contributed by atoms with Crippen LogP contribution in [0.25, 0.3) is 27.8 Å². The fraction of sp³-hybridized carbons (Fsp3) is 0.190. The number of imidazole rings is 1. The van der Waals surface area contributed by atoms with Crippen LogP contribution in [0.1, 0.15) is 17.3 Å². The summed E-state index contributed by atoms with van der Waals surface area (Å²) in [5.41, 5.74) is 4.24. The van der Waals surface area contributed by atoms with Crippen LogP contribution in [0.5, 0.6) is 0 Å². The molecule has 0 radical (unpaired) electrons. The average Bonchev–Trinajstić information content (AvgIpc) is 3.40. The zero-order valence-electron chi connectivity index (χ0n) is 17.4. The third-order valence-electron chi connectivity index (χ3n) is 4.62. The van der Waals surface area contributed by atoms with E-state index in [1.165, 1.54) is 11.1 Å². The summed E-state index contributed by atoms with van der Waals surface area (Å²) in [6.45, 7) is 2.33. The number of aromatic nitrogens is 5. The Bertz CT molecular complexity index is 1240. The number of H-pyrrole nitrogens is 1. The molecule has 3 N–H and O–H groups in total. The number of carbonyl (C=O) groups is 2. The number of benzene rings is 1. The summed E-state index contributed by atoms with van der Waals surface area (Å²) in [6.07, 6.45) is 6.66. The topological polar surface area (TPSA) is 121 Å². The van der Waals surface area contributed by atoms with Crippen molar-refractivity contribution in [3.8, 4) is 16.8 Å². The summed E-state index contributed by atoms with van der Waals surface area (Å²) in [5.74, 6) is 0.163. The number of hydrogen-bond acceptors (Lipinski definition) is 5. The molecule has 0 aliphatic rings. The van der Waals surface area contributed by atoms with Crippen LogP contribution in [0.2, 0.25) is 0 Å². The van der Waals surface area contributed by atoms with Gasteiger partial charge in [-0.1, -0.05) is 6.07 Å². The molecule has 0 saturated carbocycles. The van der Waals surface area contributed by atoms with E-state index >= 15 is 0 Å². The number of aromatic amines is 1. The second-order valence-corrected chi connectivity index (χ2v) is 7.07. The number of fused-ring (bicyclic) bond motifs is 1. The van der Waals surface area contributed by atoms with Gasteiger partial charge in [-0.15, -0.1) is 0 Å². The normalized spacial score (nSPS) is 10.8. The first-order valence-corrected chi connectivity index (χ1v) is 9.72. The van der Waals surface area contributed by atoms with E-state index in [9.17, 15) is 9.59 Å². The number of urea groups is 1. The lowest BCUT2D eigenvalue weighted by Crippen LogP contribution is -2.28. The molecule has 10 nitrogen and oxygen atoms in total. The molecule has 10 heteroatoms. The van der Waals surface area contributed by atoms with Gasteiger partial charge in [0.15, 0.2) is 0 Å². The number of nitrogens with zero attached hydrogens (tertiary/aromatic N) is 5. The molecule has 0 spiro atoms. The van der Waals surface area contributed by atoms with E-state index < -0.39 is 0 Å². The van der Waals surface area contributed by atoms with E-state index in [1.807, 2.05) is 31.2 Å². The highest BCUT2D eigenvalue weighted by Gasteiger charge is 2.17. The molecular weight excluding hydrogens is 396 g/mol. The number of anilines is 1. The van der Waals surface area contributed by atoms with Crippen molar-refractivity contribution in [2.45, 2.75) is 6.92 Å². The van der Waals surface area contributed by atoms with Crippen LogP contribution in [0, 0.1) is 0 Å². The van der Waals surface area contributed by atoms with E-state index in [2.05, 4.69) is 30.7 Å². The Morgan fingerprint density at radius 2 is 2.03 bits per heavy atom. The van der Waals surface area contributed by atoms with E-state index in [0.717, 1.165) is 11.1 Å². The maximum Gasteiger partial charge on any atom is 0.321 e. The summed E-state index contributed by atoms with van der Waals surface area (Å²) in [5, 5.41) is 9.74. The van der Waals surface area contributed by atoms with E-state index in [4.69, 9.17) is 0 Å². The highest BCUT2D eigenvalue weighted by molar-refractivity contribution is 5.95. The monoisotopic (exact) mass is 418 g/mol. The standard InChI is InChI=1S/C21H22N8O2/c1-4-23-21(31)27-20-25-16-8-14(13-6-5-7-22-10-13)9-17(18(16)26-20)29-12-15(11-24-29)19(30)28(2)3/h5-12H,4H2,1-3H3,(H3,23,25,26,27,31). The van der Waals surface area contributed by atoms with Crippen LogP contribution >= 0.6 is 0 Å². The predicted molar refractivity (Wildman–Crippen MR) is 117 cm³/mol. The minimum Gasteiger partial charge on any atom is -0.345 e. The summed E-state index contributed by atoms with van der Waals surface area (Å²) in [6, 6.07) is 7.29. The van der Waals surface area contributed by atoms with Crippen LogP contribution in [0.4, 0.5) is 10.7 Å². The highest BCUT2D eigenvalue weighted by Crippen LogP contribution is 2.29. The minimum absolute atomic E-state index is 0.144. The molecule has 4 aromatic rings. The van der Waals surface area contributed by atoms with Gasteiger partial charge >= 0.3 is 6.03 Å². The van der Waals surface area contributed by atoms with Gasteiger partial charge in [0.05, 0.1) is 28.5 Å². The maximum absolute atomic E-state index is 12.3. The van der Waals surface area contributed by atoms with Crippen LogP contribution in [0.3, 0.4) is 0 Å². The molecule has 158 valence electrons. The molecular formula is C21H22N8O2. The molecule has 0 atom stereocenters. The number of pyridine rings is 1. The van der Waals surface area contributed by atoms with Gasteiger partial charge in [0.25, 0.3) is 5.91 Å².